The molecular formula is C22H27N5O2. The van der Waals surface area contributed by atoms with E-state index in [1.165, 1.54) is 5.57 Å². The lowest BCUT2D eigenvalue weighted by Crippen LogP contribution is -2.54. The zero-order valence-corrected chi connectivity index (χ0v) is 17.2. The highest BCUT2D eigenvalue weighted by atomic mass is 16.5. The fourth-order valence-corrected chi connectivity index (χ4v) is 4.42. The fraction of sp³-hybridized carbons (Fsp3) is 0.455. The minimum Gasteiger partial charge on any atom is -0.378 e. The highest BCUT2D eigenvalue weighted by Crippen LogP contribution is 2.41. The molecule has 7 nitrogen and oxygen atoms in total. The van der Waals surface area contributed by atoms with Crippen molar-refractivity contribution >= 4 is 23.1 Å². The lowest BCUT2D eigenvalue weighted by Gasteiger charge is -2.37. The van der Waals surface area contributed by atoms with Gasteiger partial charge in [-0.3, -0.25) is 4.79 Å². The number of hydrazine groups is 1. The first-order valence-electron chi connectivity index (χ1n) is 10.2. The summed E-state index contributed by atoms with van der Waals surface area (Å²) in [5.74, 6) is 0.987. The molecule has 5 rings (SSSR count). The van der Waals surface area contributed by atoms with Gasteiger partial charge in [0.1, 0.15) is 0 Å². The molecule has 2 N–H and O–H groups in total. The molecule has 0 radical (unpaired) electrons. The van der Waals surface area contributed by atoms with Gasteiger partial charge in [0.25, 0.3) is 0 Å². The summed E-state index contributed by atoms with van der Waals surface area (Å²) in [6.45, 7) is 9.85. The van der Waals surface area contributed by atoms with Crippen molar-refractivity contribution in [2.75, 3.05) is 31.6 Å². The Hall–Kier alpha value is -2.64. The molecule has 0 aliphatic carbocycles. The maximum atomic E-state index is 11.8. The summed E-state index contributed by atoms with van der Waals surface area (Å²) in [6, 6.07) is 6.42. The second-order valence-corrected chi connectivity index (χ2v) is 9.00. The van der Waals surface area contributed by atoms with E-state index in [-0.39, 0.29) is 17.4 Å². The maximum absolute atomic E-state index is 11.8. The molecule has 1 amide bonds. The predicted molar refractivity (Wildman–Crippen MR) is 113 cm³/mol. The summed E-state index contributed by atoms with van der Waals surface area (Å²) in [5, 5.41) is 5.06. The predicted octanol–water partition coefficient (Wildman–Crippen LogP) is 2.34. The van der Waals surface area contributed by atoms with Crippen LogP contribution in [0.4, 0.5) is 5.69 Å². The van der Waals surface area contributed by atoms with Crippen LogP contribution in [0.25, 0.3) is 5.57 Å². The number of benzene rings is 1. The van der Waals surface area contributed by atoms with Crippen molar-refractivity contribution in [3.63, 3.8) is 0 Å². The number of carbonyl (C=O) groups excluding carboxylic acids is 1. The molecule has 0 bridgehead atoms. The van der Waals surface area contributed by atoms with Gasteiger partial charge in [0.15, 0.2) is 0 Å². The van der Waals surface area contributed by atoms with Gasteiger partial charge in [-0.25, -0.2) is 15.4 Å². The minimum absolute atomic E-state index is 0.00326. The number of carbonyl (C=O) groups is 1. The zero-order chi connectivity index (χ0) is 20.2. The maximum Gasteiger partial charge on any atom is 0.228 e. The molecule has 1 unspecified atom stereocenters. The fourth-order valence-electron chi connectivity index (χ4n) is 4.42. The number of amides is 1. The Kier molecular flexibility index (Phi) is 4.26. The third-order valence-electron chi connectivity index (χ3n) is 5.89. The molecule has 1 saturated heterocycles. The van der Waals surface area contributed by atoms with Crippen molar-refractivity contribution in [2.24, 2.45) is 10.4 Å². The van der Waals surface area contributed by atoms with E-state index in [1.807, 2.05) is 12.3 Å². The summed E-state index contributed by atoms with van der Waals surface area (Å²) in [7, 11) is 0. The van der Waals surface area contributed by atoms with Crippen molar-refractivity contribution in [1.29, 1.82) is 0 Å². The van der Waals surface area contributed by atoms with E-state index in [0.29, 0.717) is 6.42 Å². The van der Waals surface area contributed by atoms with E-state index in [4.69, 9.17) is 4.74 Å². The number of guanidine groups is 1. The summed E-state index contributed by atoms with van der Waals surface area (Å²) in [5.41, 5.74) is 9.22. The molecule has 4 heterocycles. The number of morpholine rings is 1. The van der Waals surface area contributed by atoms with Crippen LogP contribution >= 0.6 is 0 Å². The van der Waals surface area contributed by atoms with Crippen molar-refractivity contribution < 1.29 is 9.53 Å². The minimum atomic E-state index is -0.00326. The first kappa shape index (κ1) is 18.4. The molecular weight excluding hydrogens is 366 g/mol. The number of nitrogens with zero attached hydrogens (tertiary/aromatic N) is 3. The molecule has 1 atom stereocenters. The molecule has 1 aromatic rings. The highest BCUT2D eigenvalue weighted by Gasteiger charge is 2.42. The average Bonchev–Trinajstić information content (AvgIpc) is 3.27. The van der Waals surface area contributed by atoms with Gasteiger partial charge in [0.2, 0.25) is 11.9 Å². The number of ether oxygens (including phenoxy) is 1. The van der Waals surface area contributed by atoms with Crippen LogP contribution in [-0.2, 0) is 16.0 Å². The number of allylic oxidation sites excluding steroid dienone is 1. The number of fused-ring (bicyclic) bond motifs is 2. The van der Waals surface area contributed by atoms with E-state index in [2.05, 4.69) is 64.6 Å². The first-order valence-corrected chi connectivity index (χ1v) is 10.2. The Morgan fingerprint density at radius 3 is 2.76 bits per heavy atom. The molecule has 1 fully saturated rings. The van der Waals surface area contributed by atoms with Crippen molar-refractivity contribution in [1.82, 2.24) is 15.3 Å². The van der Waals surface area contributed by atoms with Gasteiger partial charge in [0.05, 0.1) is 31.4 Å². The monoisotopic (exact) mass is 393 g/mol. The molecule has 1 aromatic carbocycles. The van der Waals surface area contributed by atoms with Crippen LogP contribution in [0, 0.1) is 5.41 Å². The average molecular weight is 393 g/mol. The number of hydrogen-bond acceptors (Lipinski definition) is 6. The number of rotatable bonds is 1. The van der Waals surface area contributed by atoms with Gasteiger partial charge in [-0.05, 0) is 34.8 Å². The van der Waals surface area contributed by atoms with Gasteiger partial charge in [-0.1, -0.05) is 26.8 Å². The van der Waals surface area contributed by atoms with Crippen LogP contribution in [0.3, 0.4) is 0 Å². The Morgan fingerprint density at radius 1 is 1.21 bits per heavy atom. The molecule has 7 heteroatoms. The molecule has 0 aromatic heterocycles. The highest BCUT2D eigenvalue weighted by molar-refractivity contribution is 6.00. The molecule has 4 aliphatic rings. The molecule has 0 saturated carbocycles. The van der Waals surface area contributed by atoms with Crippen LogP contribution in [0.1, 0.15) is 31.9 Å². The SMILES string of the molecule is CC(C)(C)C1NN2C(N3CCOCC3)=NC=CC2=C1c1ccc2c(c1)CC(=O)N2. The number of anilines is 1. The van der Waals surface area contributed by atoms with E-state index < -0.39 is 0 Å². The largest absolute Gasteiger partial charge is 0.378 e. The van der Waals surface area contributed by atoms with Crippen LogP contribution in [0.5, 0.6) is 0 Å². The third-order valence-corrected chi connectivity index (χ3v) is 5.89. The molecule has 0 spiro atoms. The Balaban J connectivity index is 1.58. The lowest BCUT2D eigenvalue weighted by molar-refractivity contribution is -0.115. The van der Waals surface area contributed by atoms with E-state index in [1.54, 1.807) is 0 Å². The summed E-state index contributed by atoms with van der Waals surface area (Å²) in [4.78, 5) is 18.8. The Morgan fingerprint density at radius 2 is 2.00 bits per heavy atom. The van der Waals surface area contributed by atoms with Crippen LogP contribution < -0.4 is 10.7 Å². The standard InChI is InChI=1S/C22H27N5O2/c1-22(2,3)20-19(14-4-5-16-15(12-14)13-18(28)24-16)17-6-7-23-21(27(17)25-20)26-8-10-29-11-9-26/h4-7,12,20,25H,8-11,13H2,1-3H3,(H,24,28). The third kappa shape index (κ3) is 3.14. The number of aliphatic imine (C=N–C) groups is 1. The van der Waals surface area contributed by atoms with E-state index in [9.17, 15) is 4.79 Å². The first-order chi connectivity index (χ1) is 13.9. The van der Waals surface area contributed by atoms with Crippen molar-refractivity contribution in [3.8, 4) is 0 Å². The second-order valence-electron chi connectivity index (χ2n) is 9.00. The quantitative estimate of drug-likeness (QED) is 0.767. The second kappa shape index (κ2) is 6.71. The van der Waals surface area contributed by atoms with E-state index >= 15 is 0 Å². The molecule has 4 aliphatic heterocycles. The number of hydrogen-bond donors (Lipinski definition) is 2. The summed E-state index contributed by atoms with van der Waals surface area (Å²) >= 11 is 0. The van der Waals surface area contributed by atoms with Gasteiger partial charge in [-0.2, -0.15) is 0 Å². The smallest absolute Gasteiger partial charge is 0.228 e. The zero-order valence-electron chi connectivity index (χ0n) is 17.2. The molecule has 29 heavy (non-hydrogen) atoms. The summed E-state index contributed by atoms with van der Waals surface area (Å²) in [6.07, 6.45) is 4.41. The van der Waals surface area contributed by atoms with Crippen molar-refractivity contribution in [2.45, 2.75) is 33.2 Å². The Labute approximate surface area is 171 Å². The molecule has 152 valence electrons. The number of nitrogens with one attached hydrogen (secondary N) is 2. The summed E-state index contributed by atoms with van der Waals surface area (Å²) < 4.78 is 5.52. The Bertz CT molecular complexity index is 950. The van der Waals surface area contributed by atoms with Crippen molar-refractivity contribution in [3.05, 3.63) is 47.3 Å². The van der Waals surface area contributed by atoms with Gasteiger partial charge < -0.3 is 15.0 Å². The normalized spacial score (nSPS) is 23.9. The van der Waals surface area contributed by atoms with Gasteiger partial charge >= 0.3 is 0 Å². The van der Waals surface area contributed by atoms with Crippen LogP contribution in [-0.4, -0.2) is 54.1 Å². The van der Waals surface area contributed by atoms with Gasteiger partial charge in [0, 0.05) is 30.5 Å². The van der Waals surface area contributed by atoms with Gasteiger partial charge in [-0.15, -0.1) is 0 Å². The van der Waals surface area contributed by atoms with E-state index in [0.717, 1.165) is 54.8 Å². The van der Waals surface area contributed by atoms with Crippen LogP contribution in [0.15, 0.2) is 41.2 Å². The lowest BCUT2D eigenvalue weighted by atomic mass is 9.80. The van der Waals surface area contributed by atoms with Crippen LogP contribution in [0.2, 0.25) is 0 Å². The topological polar surface area (TPSA) is 69.2 Å².